The minimum absolute atomic E-state index is 0.803. The maximum Gasteiger partial charge on any atom is -0.0125 e. The molecule has 2 aromatic rings. The van der Waals surface area contributed by atoms with E-state index in [-0.39, 0.29) is 0 Å². The number of hydrogen-bond donors (Lipinski definition) is 0. The molecule has 0 fully saturated rings. The van der Waals surface area contributed by atoms with Crippen LogP contribution in [0.1, 0.15) is 73.6 Å². The molecular weight excluding hydrogens is 300 g/mol. The second-order valence-electron chi connectivity index (χ2n) is 8.31. The van der Waals surface area contributed by atoms with Crippen LogP contribution in [-0.2, 0) is 19.3 Å². The Morgan fingerprint density at radius 3 is 2.08 bits per heavy atom. The van der Waals surface area contributed by atoms with Gasteiger partial charge >= 0.3 is 0 Å². The summed E-state index contributed by atoms with van der Waals surface area (Å²) < 4.78 is 0. The van der Waals surface area contributed by atoms with Gasteiger partial charge in [-0.15, -0.1) is 0 Å². The largest absolute Gasteiger partial charge is 0.0654 e. The lowest BCUT2D eigenvalue weighted by Gasteiger charge is -2.26. The van der Waals surface area contributed by atoms with Crippen LogP contribution in [0.2, 0.25) is 0 Å². The quantitative estimate of drug-likeness (QED) is 0.494. The summed E-state index contributed by atoms with van der Waals surface area (Å²) in [6.07, 6.45) is 12.3. The van der Waals surface area contributed by atoms with Crippen molar-refractivity contribution >= 4 is 0 Å². The van der Waals surface area contributed by atoms with E-state index < -0.39 is 0 Å². The second-order valence-corrected chi connectivity index (χ2v) is 8.31. The van der Waals surface area contributed by atoms with Crippen molar-refractivity contribution in [2.75, 3.05) is 0 Å². The van der Waals surface area contributed by atoms with E-state index in [1.54, 1.807) is 22.3 Å². The number of fused-ring (bicyclic) bond motifs is 2. The van der Waals surface area contributed by atoms with E-state index in [0.29, 0.717) is 0 Å². The van der Waals surface area contributed by atoms with Gasteiger partial charge in [-0.3, -0.25) is 0 Å². The lowest BCUT2D eigenvalue weighted by atomic mass is 9.78. The van der Waals surface area contributed by atoms with Crippen molar-refractivity contribution in [1.29, 1.82) is 0 Å². The monoisotopic (exact) mass is 332 g/mol. The van der Waals surface area contributed by atoms with Gasteiger partial charge in [0.25, 0.3) is 0 Å². The first-order chi connectivity index (χ1) is 12.4. The fourth-order valence-electron chi connectivity index (χ4n) is 5.44. The molecule has 0 saturated carbocycles. The number of unbranched alkanes of at least 4 members (excludes halogenated alkanes) is 4. The molecule has 0 heteroatoms. The van der Waals surface area contributed by atoms with Crippen molar-refractivity contribution in [3.05, 3.63) is 70.8 Å². The van der Waals surface area contributed by atoms with Gasteiger partial charge in [-0.1, -0.05) is 87.6 Å². The van der Waals surface area contributed by atoms with E-state index >= 15 is 0 Å². The molecule has 1 unspecified atom stereocenters. The van der Waals surface area contributed by atoms with Crippen molar-refractivity contribution < 1.29 is 0 Å². The number of rotatable bonds is 7. The van der Waals surface area contributed by atoms with Gasteiger partial charge in [-0.05, 0) is 65.7 Å². The summed E-state index contributed by atoms with van der Waals surface area (Å²) in [4.78, 5) is 0. The van der Waals surface area contributed by atoms with Gasteiger partial charge in [-0.2, -0.15) is 0 Å². The third kappa shape index (κ3) is 3.54. The fourth-order valence-corrected chi connectivity index (χ4v) is 5.44. The zero-order valence-electron chi connectivity index (χ0n) is 15.7. The van der Waals surface area contributed by atoms with Crippen LogP contribution >= 0.6 is 0 Å². The van der Waals surface area contributed by atoms with Crippen LogP contribution in [0, 0.1) is 11.8 Å². The molecule has 0 nitrogen and oxygen atoms in total. The Bertz CT molecular complexity index is 674. The number of hydrogen-bond acceptors (Lipinski definition) is 0. The Hall–Kier alpha value is -1.56. The highest BCUT2D eigenvalue weighted by molar-refractivity contribution is 5.39. The second kappa shape index (κ2) is 7.77. The molecule has 2 atom stereocenters. The van der Waals surface area contributed by atoms with Gasteiger partial charge in [-0.25, -0.2) is 0 Å². The third-order valence-electron chi connectivity index (χ3n) is 6.73. The Balaban J connectivity index is 1.47. The molecule has 132 valence electrons. The predicted molar refractivity (Wildman–Crippen MR) is 107 cm³/mol. The van der Waals surface area contributed by atoms with Gasteiger partial charge in [0, 0.05) is 0 Å². The van der Waals surface area contributed by atoms with Crippen LogP contribution in [0.4, 0.5) is 0 Å². The summed E-state index contributed by atoms with van der Waals surface area (Å²) in [6.45, 7) is 2.31. The first kappa shape index (κ1) is 16.9. The summed E-state index contributed by atoms with van der Waals surface area (Å²) in [6, 6.07) is 18.5. The van der Waals surface area contributed by atoms with Crippen LogP contribution in [0.25, 0.3) is 0 Å². The van der Waals surface area contributed by atoms with Crippen LogP contribution in [0.15, 0.2) is 48.5 Å². The maximum atomic E-state index is 2.42. The van der Waals surface area contributed by atoms with Gasteiger partial charge in [0.05, 0.1) is 0 Å². The van der Waals surface area contributed by atoms with E-state index in [2.05, 4.69) is 55.5 Å². The molecule has 2 aliphatic rings. The zero-order chi connectivity index (χ0) is 17.1. The molecule has 0 aliphatic heterocycles. The summed E-state index contributed by atoms with van der Waals surface area (Å²) in [5, 5.41) is 0. The topological polar surface area (TPSA) is 0 Å². The summed E-state index contributed by atoms with van der Waals surface area (Å²) in [5.74, 6) is 2.51. The minimum atomic E-state index is 0.803. The molecule has 0 saturated heterocycles. The Morgan fingerprint density at radius 2 is 1.36 bits per heavy atom. The molecule has 25 heavy (non-hydrogen) atoms. The molecule has 4 rings (SSSR count). The summed E-state index contributed by atoms with van der Waals surface area (Å²) >= 11 is 0. The summed E-state index contributed by atoms with van der Waals surface area (Å²) in [7, 11) is 0. The molecule has 0 heterocycles. The average Bonchev–Trinajstić information content (AvgIpc) is 3.23. The molecule has 0 spiro atoms. The van der Waals surface area contributed by atoms with Gasteiger partial charge in [0.2, 0.25) is 0 Å². The number of benzene rings is 2. The van der Waals surface area contributed by atoms with Crippen molar-refractivity contribution in [2.45, 2.75) is 70.6 Å². The van der Waals surface area contributed by atoms with E-state index in [1.165, 1.54) is 57.8 Å². The van der Waals surface area contributed by atoms with E-state index in [0.717, 1.165) is 17.8 Å². The standard InChI is InChI=1S/C25H32/c1-2-3-4-5-6-15-24-23-14-10-9-13-21(23)18-25(24)22-16-19-11-7-8-12-20(19)17-22/h7-14,22,24-25H,2-6,15-18H2,1H3/t24-,25?/m0/s1. The van der Waals surface area contributed by atoms with Crippen LogP contribution in [0.5, 0.6) is 0 Å². The van der Waals surface area contributed by atoms with Crippen molar-refractivity contribution in [3.63, 3.8) is 0 Å². The summed E-state index contributed by atoms with van der Waals surface area (Å²) in [5.41, 5.74) is 6.55. The fraction of sp³-hybridized carbons (Fsp3) is 0.520. The highest BCUT2D eigenvalue weighted by Crippen LogP contribution is 2.48. The molecule has 2 aliphatic carbocycles. The SMILES string of the molecule is CCCCCCC[C@H]1c2ccccc2CC1C1Cc2ccccc2C1. The Kier molecular flexibility index (Phi) is 5.25. The highest BCUT2D eigenvalue weighted by atomic mass is 14.4. The normalized spacial score (nSPS) is 22.1. The lowest BCUT2D eigenvalue weighted by molar-refractivity contribution is 0.293. The predicted octanol–water partition coefficient (Wildman–Crippen LogP) is 6.72. The minimum Gasteiger partial charge on any atom is -0.0654 e. The van der Waals surface area contributed by atoms with Crippen molar-refractivity contribution in [2.24, 2.45) is 11.8 Å². The molecule has 0 amide bonds. The Labute approximate surface area is 153 Å². The maximum absolute atomic E-state index is 2.42. The molecule has 2 aromatic carbocycles. The van der Waals surface area contributed by atoms with E-state index in [4.69, 9.17) is 0 Å². The van der Waals surface area contributed by atoms with Gasteiger partial charge in [0.1, 0.15) is 0 Å². The van der Waals surface area contributed by atoms with Crippen LogP contribution in [0.3, 0.4) is 0 Å². The van der Waals surface area contributed by atoms with E-state index in [1.807, 2.05) is 0 Å². The first-order valence-corrected chi connectivity index (χ1v) is 10.5. The molecule has 0 aromatic heterocycles. The first-order valence-electron chi connectivity index (χ1n) is 10.5. The molecule has 0 N–H and O–H groups in total. The Morgan fingerprint density at radius 1 is 0.720 bits per heavy atom. The average molecular weight is 333 g/mol. The molecular formula is C25H32. The van der Waals surface area contributed by atoms with Gasteiger partial charge < -0.3 is 0 Å². The smallest absolute Gasteiger partial charge is 0.0125 e. The molecule has 0 radical (unpaired) electrons. The van der Waals surface area contributed by atoms with Crippen molar-refractivity contribution in [3.8, 4) is 0 Å². The molecule has 0 bridgehead atoms. The van der Waals surface area contributed by atoms with Crippen LogP contribution < -0.4 is 0 Å². The van der Waals surface area contributed by atoms with Crippen LogP contribution in [-0.4, -0.2) is 0 Å². The van der Waals surface area contributed by atoms with Gasteiger partial charge in [0.15, 0.2) is 0 Å². The van der Waals surface area contributed by atoms with E-state index in [9.17, 15) is 0 Å². The highest BCUT2D eigenvalue weighted by Gasteiger charge is 2.39. The lowest BCUT2D eigenvalue weighted by Crippen LogP contribution is -2.20. The third-order valence-corrected chi connectivity index (χ3v) is 6.73. The zero-order valence-corrected chi connectivity index (χ0v) is 15.7. The van der Waals surface area contributed by atoms with Crippen molar-refractivity contribution in [1.82, 2.24) is 0 Å².